The molecule has 0 heterocycles. The smallest absolute Gasteiger partial charge is 0.243 e. The average Bonchev–Trinajstić information content (AvgIpc) is 2.28. The number of benzene rings is 1. The Balaban J connectivity index is 0.00000289. The van der Waals surface area contributed by atoms with E-state index in [1.54, 1.807) is 0 Å². The van der Waals surface area contributed by atoms with Crippen LogP contribution in [0.3, 0.4) is 0 Å². The number of hydrogen-bond donors (Lipinski definition) is 2. The van der Waals surface area contributed by atoms with Crippen LogP contribution >= 0.6 is 12.4 Å². The first-order chi connectivity index (χ1) is 7.99. The van der Waals surface area contributed by atoms with E-state index in [4.69, 9.17) is 0 Å². The van der Waals surface area contributed by atoms with Crippen LogP contribution in [0.5, 0.6) is 0 Å². The third-order valence-corrected chi connectivity index (χ3v) is 3.53. The molecule has 18 heavy (non-hydrogen) atoms. The van der Waals surface area contributed by atoms with Crippen molar-refractivity contribution in [2.24, 2.45) is 0 Å². The van der Waals surface area contributed by atoms with Gasteiger partial charge in [-0.3, -0.25) is 0 Å². The second kappa shape index (κ2) is 7.63. The van der Waals surface area contributed by atoms with E-state index in [-0.39, 0.29) is 19.0 Å². The summed E-state index contributed by atoms with van der Waals surface area (Å²) in [5.41, 5.74) is 0. The summed E-state index contributed by atoms with van der Waals surface area (Å²) in [6, 6.07) is 3.04. The average molecular weight is 301 g/mol. The minimum Gasteiger partial charge on any atom is -0.316 e. The van der Waals surface area contributed by atoms with E-state index in [1.807, 2.05) is 6.92 Å². The van der Waals surface area contributed by atoms with E-state index < -0.39 is 26.6 Å². The molecule has 0 unspecified atom stereocenters. The minimum atomic E-state index is -4.00. The number of hydrogen-bond acceptors (Lipinski definition) is 3. The normalized spacial score (nSPS) is 11.1. The van der Waals surface area contributed by atoms with Crippen LogP contribution in [-0.2, 0) is 10.0 Å². The number of likely N-dealkylation sites (N-methyl/N-ethyl adjacent to an activating group) is 1. The van der Waals surface area contributed by atoms with Crippen LogP contribution in [0.2, 0.25) is 0 Å². The molecule has 0 atom stereocenters. The van der Waals surface area contributed by atoms with E-state index in [2.05, 4.69) is 10.0 Å². The number of sulfonamides is 1. The molecule has 0 saturated heterocycles. The van der Waals surface area contributed by atoms with E-state index >= 15 is 0 Å². The first-order valence-corrected chi connectivity index (χ1v) is 6.61. The maximum Gasteiger partial charge on any atom is 0.243 e. The predicted molar refractivity (Wildman–Crippen MR) is 67.3 cm³/mol. The Hall–Kier alpha value is -0.760. The molecule has 2 N–H and O–H groups in total. The minimum absolute atomic E-state index is 0. The lowest BCUT2D eigenvalue weighted by Gasteiger charge is -2.08. The lowest BCUT2D eigenvalue weighted by atomic mass is 10.3. The molecule has 4 nitrogen and oxygen atoms in total. The first-order valence-electron chi connectivity index (χ1n) is 5.13. The van der Waals surface area contributed by atoms with Gasteiger partial charge in [-0.15, -0.1) is 12.4 Å². The SMILES string of the molecule is CCNCCNS(=O)(=O)c1cccc(F)c1F.Cl. The van der Waals surface area contributed by atoms with E-state index in [0.29, 0.717) is 13.1 Å². The number of halogens is 3. The Kier molecular flexibility index (Phi) is 7.30. The number of nitrogens with one attached hydrogen (secondary N) is 2. The molecule has 0 aliphatic heterocycles. The third kappa shape index (κ3) is 4.49. The van der Waals surface area contributed by atoms with Gasteiger partial charge in [0.05, 0.1) is 0 Å². The van der Waals surface area contributed by atoms with Crippen molar-refractivity contribution in [1.29, 1.82) is 0 Å². The second-order valence-electron chi connectivity index (χ2n) is 3.30. The molecule has 0 aliphatic rings. The van der Waals surface area contributed by atoms with Crippen LogP contribution < -0.4 is 10.0 Å². The molecule has 0 bridgehead atoms. The fourth-order valence-corrected chi connectivity index (χ4v) is 2.34. The van der Waals surface area contributed by atoms with Gasteiger partial charge in [0.15, 0.2) is 11.6 Å². The van der Waals surface area contributed by atoms with Gasteiger partial charge in [-0.25, -0.2) is 21.9 Å². The molecule has 0 spiro atoms. The van der Waals surface area contributed by atoms with Gasteiger partial charge in [0.1, 0.15) is 4.90 Å². The van der Waals surface area contributed by atoms with Gasteiger partial charge in [0, 0.05) is 13.1 Å². The van der Waals surface area contributed by atoms with E-state index in [1.165, 1.54) is 0 Å². The molecule has 0 amide bonds. The van der Waals surface area contributed by atoms with Crippen LogP contribution in [0.25, 0.3) is 0 Å². The largest absolute Gasteiger partial charge is 0.316 e. The summed E-state index contributed by atoms with van der Waals surface area (Å²) in [4.78, 5) is -0.672. The maximum atomic E-state index is 13.3. The van der Waals surface area contributed by atoms with Crippen molar-refractivity contribution in [2.75, 3.05) is 19.6 Å². The van der Waals surface area contributed by atoms with Gasteiger partial charge >= 0.3 is 0 Å². The monoisotopic (exact) mass is 300 g/mol. The molecule has 0 radical (unpaired) electrons. The van der Waals surface area contributed by atoms with Crippen molar-refractivity contribution in [3.8, 4) is 0 Å². The number of rotatable bonds is 6. The van der Waals surface area contributed by atoms with Crippen LogP contribution in [-0.4, -0.2) is 28.1 Å². The highest BCUT2D eigenvalue weighted by Crippen LogP contribution is 2.16. The lowest BCUT2D eigenvalue weighted by molar-refractivity contribution is 0.483. The van der Waals surface area contributed by atoms with Crippen molar-refractivity contribution >= 4 is 22.4 Å². The van der Waals surface area contributed by atoms with Crippen molar-refractivity contribution in [1.82, 2.24) is 10.0 Å². The zero-order chi connectivity index (χ0) is 12.9. The summed E-state index contributed by atoms with van der Waals surface area (Å²) >= 11 is 0. The van der Waals surface area contributed by atoms with Gasteiger partial charge in [-0.1, -0.05) is 13.0 Å². The zero-order valence-corrected chi connectivity index (χ0v) is 11.4. The van der Waals surface area contributed by atoms with Gasteiger partial charge in [0.25, 0.3) is 0 Å². The molecule has 0 saturated carbocycles. The molecule has 1 aromatic carbocycles. The Bertz CT molecular complexity index is 483. The van der Waals surface area contributed by atoms with Crippen LogP contribution in [0.1, 0.15) is 6.92 Å². The van der Waals surface area contributed by atoms with Gasteiger partial charge in [-0.05, 0) is 18.7 Å². The van der Waals surface area contributed by atoms with Gasteiger partial charge in [-0.2, -0.15) is 0 Å². The molecule has 0 fully saturated rings. The molecule has 0 aliphatic carbocycles. The summed E-state index contributed by atoms with van der Waals surface area (Å²) in [7, 11) is -4.00. The van der Waals surface area contributed by atoms with Crippen LogP contribution in [0, 0.1) is 11.6 Å². The fraction of sp³-hybridized carbons (Fsp3) is 0.400. The molecule has 104 valence electrons. The first kappa shape index (κ1) is 17.2. The van der Waals surface area contributed by atoms with Crippen LogP contribution in [0.15, 0.2) is 23.1 Å². The lowest BCUT2D eigenvalue weighted by Crippen LogP contribution is -2.32. The Labute approximate surface area is 111 Å². The Morgan fingerprint density at radius 2 is 1.89 bits per heavy atom. The summed E-state index contributed by atoms with van der Waals surface area (Å²) < 4.78 is 51.6. The fourth-order valence-electron chi connectivity index (χ4n) is 1.22. The highest BCUT2D eigenvalue weighted by atomic mass is 35.5. The highest BCUT2D eigenvalue weighted by Gasteiger charge is 2.20. The molecule has 0 aromatic heterocycles. The Morgan fingerprint density at radius 3 is 2.50 bits per heavy atom. The van der Waals surface area contributed by atoms with Crippen molar-refractivity contribution in [2.45, 2.75) is 11.8 Å². The Morgan fingerprint density at radius 1 is 1.22 bits per heavy atom. The zero-order valence-electron chi connectivity index (χ0n) is 9.74. The maximum absolute atomic E-state index is 13.3. The third-order valence-electron chi connectivity index (χ3n) is 2.05. The van der Waals surface area contributed by atoms with Crippen molar-refractivity contribution in [3.05, 3.63) is 29.8 Å². The van der Waals surface area contributed by atoms with Gasteiger partial charge in [0.2, 0.25) is 10.0 Å². The second-order valence-corrected chi connectivity index (χ2v) is 5.04. The molecule has 1 aromatic rings. The molecular weight excluding hydrogens is 286 g/mol. The quantitative estimate of drug-likeness (QED) is 0.778. The van der Waals surface area contributed by atoms with Gasteiger partial charge < -0.3 is 5.32 Å². The molecule has 8 heteroatoms. The standard InChI is InChI=1S/C10H14F2N2O2S.ClH/c1-2-13-6-7-14-17(15,16)9-5-3-4-8(11)10(9)12;/h3-5,13-14H,2,6-7H2,1H3;1H. The summed E-state index contributed by atoms with van der Waals surface area (Å²) in [6.45, 7) is 3.12. The predicted octanol–water partition coefficient (Wildman–Crippen LogP) is 1.27. The topological polar surface area (TPSA) is 58.2 Å². The summed E-state index contributed by atoms with van der Waals surface area (Å²) in [5.74, 6) is -2.54. The highest BCUT2D eigenvalue weighted by molar-refractivity contribution is 7.89. The van der Waals surface area contributed by atoms with Crippen molar-refractivity contribution in [3.63, 3.8) is 0 Å². The summed E-state index contributed by atoms with van der Waals surface area (Å²) in [5, 5.41) is 2.90. The molecule has 1 rings (SSSR count). The summed E-state index contributed by atoms with van der Waals surface area (Å²) in [6.07, 6.45) is 0. The molecular formula is C10H15ClF2N2O2S. The van der Waals surface area contributed by atoms with Crippen LogP contribution in [0.4, 0.5) is 8.78 Å². The van der Waals surface area contributed by atoms with E-state index in [9.17, 15) is 17.2 Å². The van der Waals surface area contributed by atoms with Crippen molar-refractivity contribution < 1.29 is 17.2 Å². The van der Waals surface area contributed by atoms with E-state index in [0.717, 1.165) is 18.2 Å².